The molecule has 1 aromatic rings. The zero-order valence-corrected chi connectivity index (χ0v) is 9.41. The normalized spacial score (nSPS) is 16.9. The molecule has 0 saturated heterocycles. The number of rotatable bonds is 1. The first-order chi connectivity index (χ1) is 8.08. The van der Waals surface area contributed by atoms with Gasteiger partial charge in [-0.3, -0.25) is 0 Å². The molecule has 0 aliphatic carbocycles. The molecule has 88 valence electrons. The Morgan fingerprint density at radius 2 is 2.41 bits per heavy atom. The van der Waals surface area contributed by atoms with Gasteiger partial charge < -0.3 is 9.47 Å². The number of fused-ring (bicyclic) bond motifs is 1. The highest BCUT2D eigenvalue weighted by Crippen LogP contribution is 2.36. The highest BCUT2D eigenvalue weighted by molar-refractivity contribution is 5.92. The summed E-state index contributed by atoms with van der Waals surface area (Å²) in [6.07, 6.45) is 0.289. The van der Waals surface area contributed by atoms with Gasteiger partial charge in [-0.1, -0.05) is 0 Å². The van der Waals surface area contributed by atoms with Crippen molar-refractivity contribution in [1.29, 1.82) is 5.26 Å². The first-order valence-electron chi connectivity index (χ1n) is 5.09. The van der Waals surface area contributed by atoms with Crippen LogP contribution in [0.4, 0.5) is 4.39 Å². The largest absolute Gasteiger partial charge is 0.489 e. The zero-order valence-electron chi connectivity index (χ0n) is 9.41. The van der Waals surface area contributed by atoms with E-state index in [1.807, 2.05) is 0 Å². The Kier molecular flexibility index (Phi) is 2.72. The Balaban J connectivity index is 2.67. The number of hydrogen-bond acceptors (Lipinski definition) is 4. The summed E-state index contributed by atoms with van der Waals surface area (Å²) in [7, 11) is 1.23. The Morgan fingerprint density at radius 1 is 1.71 bits per heavy atom. The van der Waals surface area contributed by atoms with E-state index in [1.54, 1.807) is 13.0 Å². The fourth-order valence-corrected chi connectivity index (χ4v) is 1.93. The van der Waals surface area contributed by atoms with Crippen LogP contribution in [0.25, 0.3) is 0 Å². The molecule has 1 atom stereocenters. The van der Waals surface area contributed by atoms with Gasteiger partial charge >= 0.3 is 5.97 Å². The number of benzene rings is 1. The standard InChI is InChI=1S/C12H10FNO3/c1-6-3-7-8(12(15)16-2)4-10(13)9(5-14)11(7)17-6/h4,6H,3H2,1-2H3. The number of ether oxygens (including phenoxy) is 2. The summed E-state index contributed by atoms with van der Waals surface area (Å²) in [6.45, 7) is 1.79. The van der Waals surface area contributed by atoms with E-state index < -0.39 is 11.8 Å². The molecular formula is C12H10FNO3. The number of carbonyl (C=O) groups excluding carboxylic acids is 1. The van der Waals surface area contributed by atoms with Crippen LogP contribution >= 0.6 is 0 Å². The van der Waals surface area contributed by atoms with Crippen molar-refractivity contribution in [3.05, 3.63) is 28.6 Å². The molecule has 0 fully saturated rings. The minimum absolute atomic E-state index is 0.128. The van der Waals surface area contributed by atoms with Gasteiger partial charge in [-0.15, -0.1) is 0 Å². The van der Waals surface area contributed by atoms with E-state index in [2.05, 4.69) is 4.74 Å². The molecule has 1 aliphatic heterocycles. The van der Waals surface area contributed by atoms with Crippen molar-refractivity contribution in [3.8, 4) is 11.8 Å². The van der Waals surface area contributed by atoms with E-state index >= 15 is 0 Å². The Morgan fingerprint density at radius 3 is 3.00 bits per heavy atom. The summed E-state index contributed by atoms with van der Waals surface area (Å²) in [6, 6.07) is 2.78. The average molecular weight is 235 g/mol. The minimum atomic E-state index is -0.763. The first-order valence-corrected chi connectivity index (χ1v) is 5.09. The zero-order chi connectivity index (χ0) is 12.6. The second-order valence-electron chi connectivity index (χ2n) is 3.82. The highest BCUT2D eigenvalue weighted by atomic mass is 19.1. The lowest BCUT2D eigenvalue weighted by Crippen LogP contribution is -2.07. The van der Waals surface area contributed by atoms with Crippen molar-refractivity contribution in [2.24, 2.45) is 0 Å². The van der Waals surface area contributed by atoms with Crippen LogP contribution in [0.3, 0.4) is 0 Å². The van der Waals surface area contributed by atoms with Gasteiger partial charge in [0.1, 0.15) is 29.3 Å². The number of methoxy groups -OCH3 is 1. The molecule has 0 aromatic heterocycles. The lowest BCUT2D eigenvalue weighted by molar-refractivity contribution is 0.0599. The van der Waals surface area contributed by atoms with E-state index in [0.29, 0.717) is 12.0 Å². The maximum Gasteiger partial charge on any atom is 0.338 e. The summed E-state index contributed by atoms with van der Waals surface area (Å²) in [5, 5.41) is 8.87. The highest BCUT2D eigenvalue weighted by Gasteiger charge is 2.30. The quantitative estimate of drug-likeness (QED) is 0.696. The number of esters is 1. The topological polar surface area (TPSA) is 59.3 Å². The van der Waals surface area contributed by atoms with E-state index in [-0.39, 0.29) is 23.0 Å². The molecule has 4 nitrogen and oxygen atoms in total. The molecule has 17 heavy (non-hydrogen) atoms. The number of hydrogen-bond donors (Lipinski definition) is 0. The third-order valence-corrected chi connectivity index (χ3v) is 2.66. The first kappa shape index (κ1) is 11.4. The van der Waals surface area contributed by atoms with Crippen molar-refractivity contribution in [2.45, 2.75) is 19.4 Å². The van der Waals surface area contributed by atoms with E-state index in [4.69, 9.17) is 10.00 Å². The van der Waals surface area contributed by atoms with Crippen LogP contribution in [-0.4, -0.2) is 19.2 Å². The SMILES string of the molecule is COC(=O)c1cc(F)c(C#N)c2c1CC(C)O2. The van der Waals surface area contributed by atoms with Crippen molar-refractivity contribution >= 4 is 5.97 Å². The van der Waals surface area contributed by atoms with Crippen molar-refractivity contribution < 1.29 is 18.7 Å². The number of nitriles is 1. The fraction of sp³-hybridized carbons (Fsp3) is 0.333. The van der Waals surface area contributed by atoms with Crippen LogP contribution in [0.15, 0.2) is 6.07 Å². The van der Waals surface area contributed by atoms with Crippen LogP contribution in [0.1, 0.15) is 28.4 Å². The third-order valence-electron chi connectivity index (χ3n) is 2.66. The summed E-state index contributed by atoms with van der Waals surface area (Å²) in [5.74, 6) is -1.22. The van der Waals surface area contributed by atoms with Gasteiger partial charge in [-0.2, -0.15) is 5.26 Å². The Labute approximate surface area is 97.6 Å². The van der Waals surface area contributed by atoms with Gasteiger partial charge in [0.15, 0.2) is 0 Å². The van der Waals surface area contributed by atoms with Gasteiger partial charge in [0.2, 0.25) is 0 Å². The predicted molar refractivity (Wildman–Crippen MR) is 56.2 cm³/mol. The molecule has 5 heteroatoms. The van der Waals surface area contributed by atoms with Gasteiger partial charge in [-0.25, -0.2) is 9.18 Å². The van der Waals surface area contributed by atoms with Crippen LogP contribution in [0.2, 0.25) is 0 Å². The molecule has 1 aliphatic rings. The number of halogens is 1. The molecule has 0 saturated carbocycles. The smallest absolute Gasteiger partial charge is 0.338 e. The van der Waals surface area contributed by atoms with Crippen LogP contribution in [-0.2, 0) is 11.2 Å². The maximum atomic E-state index is 13.6. The van der Waals surface area contributed by atoms with Crippen LogP contribution in [0.5, 0.6) is 5.75 Å². The monoisotopic (exact) mass is 235 g/mol. The number of nitrogens with zero attached hydrogens (tertiary/aromatic N) is 1. The molecule has 0 N–H and O–H groups in total. The molecule has 0 bridgehead atoms. The maximum absolute atomic E-state index is 13.6. The van der Waals surface area contributed by atoms with Gasteiger partial charge in [0.25, 0.3) is 0 Å². The molecule has 0 amide bonds. The molecule has 1 unspecified atom stereocenters. The second-order valence-corrected chi connectivity index (χ2v) is 3.82. The molecule has 0 radical (unpaired) electrons. The second kappa shape index (κ2) is 4.06. The molecule has 1 aromatic carbocycles. The van der Waals surface area contributed by atoms with Gasteiger partial charge in [0.05, 0.1) is 12.7 Å². The Bertz CT molecular complexity index is 534. The number of carbonyl (C=O) groups is 1. The van der Waals surface area contributed by atoms with Crippen LogP contribution in [0, 0.1) is 17.1 Å². The van der Waals surface area contributed by atoms with Crippen LogP contribution < -0.4 is 4.74 Å². The van der Waals surface area contributed by atoms with Gasteiger partial charge in [-0.05, 0) is 13.0 Å². The van der Waals surface area contributed by atoms with Crippen molar-refractivity contribution in [1.82, 2.24) is 0 Å². The summed E-state index contributed by atoms with van der Waals surface area (Å²) in [5.41, 5.74) is 0.516. The molecule has 0 spiro atoms. The molecule has 2 rings (SSSR count). The summed E-state index contributed by atoms with van der Waals surface area (Å²) >= 11 is 0. The fourth-order valence-electron chi connectivity index (χ4n) is 1.93. The minimum Gasteiger partial charge on any atom is -0.489 e. The van der Waals surface area contributed by atoms with Gasteiger partial charge in [0, 0.05) is 12.0 Å². The summed E-state index contributed by atoms with van der Waals surface area (Å²) in [4.78, 5) is 11.5. The molecule has 1 heterocycles. The van der Waals surface area contributed by atoms with Crippen molar-refractivity contribution in [3.63, 3.8) is 0 Å². The third kappa shape index (κ3) is 1.72. The summed E-state index contributed by atoms with van der Waals surface area (Å²) < 4.78 is 23.6. The lowest BCUT2D eigenvalue weighted by atomic mass is 10.00. The lowest BCUT2D eigenvalue weighted by Gasteiger charge is -2.07. The van der Waals surface area contributed by atoms with E-state index in [1.165, 1.54) is 7.11 Å². The predicted octanol–water partition coefficient (Wildman–Crippen LogP) is 1.81. The average Bonchev–Trinajstić information content (AvgIpc) is 2.68. The molecular weight excluding hydrogens is 225 g/mol. The Hall–Kier alpha value is -2.09. The van der Waals surface area contributed by atoms with E-state index in [9.17, 15) is 9.18 Å². The van der Waals surface area contributed by atoms with E-state index in [0.717, 1.165) is 6.07 Å². The van der Waals surface area contributed by atoms with Crippen molar-refractivity contribution in [2.75, 3.05) is 7.11 Å².